The van der Waals surface area contributed by atoms with Gasteiger partial charge in [-0.3, -0.25) is 10.1 Å². The summed E-state index contributed by atoms with van der Waals surface area (Å²) in [7, 11) is 0. The van der Waals surface area contributed by atoms with Gasteiger partial charge in [-0.25, -0.2) is 4.98 Å². The van der Waals surface area contributed by atoms with E-state index in [1.807, 2.05) is 35.8 Å². The van der Waals surface area contributed by atoms with Crippen LogP contribution >= 0.6 is 0 Å². The molecule has 160 valence electrons. The Morgan fingerprint density at radius 3 is 2.57 bits per heavy atom. The number of nitrogens with one attached hydrogen (secondary N) is 1. The molecule has 1 amide bonds. The van der Waals surface area contributed by atoms with E-state index < -0.39 is 17.6 Å². The van der Waals surface area contributed by atoms with Crippen molar-refractivity contribution in [3.63, 3.8) is 0 Å². The van der Waals surface area contributed by atoms with Crippen LogP contribution in [0.4, 0.5) is 19.1 Å². The fourth-order valence-electron chi connectivity index (χ4n) is 2.92. The maximum Gasteiger partial charge on any atom is 0.416 e. The Morgan fingerprint density at radius 1 is 1.13 bits per heavy atom. The number of aromatic nitrogens is 2. The Labute approximate surface area is 171 Å². The molecule has 0 aliphatic carbocycles. The van der Waals surface area contributed by atoms with Gasteiger partial charge in [0.05, 0.1) is 16.6 Å². The molecule has 0 radical (unpaired) electrons. The molecule has 1 heterocycles. The minimum atomic E-state index is -4.42. The highest BCUT2D eigenvalue weighted by molar-refractivity contribution is 5.92. The zero-order valence-corrected chi connectivity index (χ0v) is 16.4. The van der Waals surface area contributed by atoms with Crippen molar-refractivity contribution < 1.29 is 27.4 Å². The van der Waals surface area contributed by atoms with Crippen LogP contribution in [0.2, 0.25) is 0 Å². The lowest BCUT2D eigenvalue weighted by Gasteiger charge is -2.11. The predicted molar refractivity (Wildman–Crippen MR) is 106 cm³/mol. The minimum Gasteiger partial charge on any atom is -0.484 e. The van der Waals surface area contributed by atoms with E-state index in [1.165, 1.54) is 12.1 Å². The molecule has 30 heavy (non-hydrogen) atoms. The van der Waals surface area contributed by atoms with E-state index in [2.05, 4.69) is 10.3 Å². The number of imidazole rings is 1. The van der Waals surface area contributed by atoms with Gasteiger partial charge in [-0.2, -0.15) is 13.2 Å². The first-order valence-corrected chi connectivity index (χ1v) is 9.51. The van der Waals surface area contributed by atoms with Crippen molar-refractivity contribution in [2.75, 3.05) is 25.1 Å². The topological polar surface area (TPSA) is 65.4 Å². The standard InChI is InChI=1S/C21H22F3N3O3/c1-2-29-13-5-12-27-18-7-4-3-6-17(18)25-20(27)26-19(28)14-30-16-10-8-15(9-11-16)21(22,23)24/h3-4,6-11H,2,5,12-14H2,1H3,(H,25,26,28). The lowest BCUT2D eigenvalue weighted by molar-refractivity contribution is -0.137. The maximum absolute atomic E-state index is 12.6. The number of fused-ring (bicyclic) bond motifs is 1. The molecule has 0 fully saturated rings. The number of alkyl halides is 3. The van der Waals surface area contributed by atoms with E-state index in [0.29, 0.717) is 25.7 Å². The van der Waals surface area contributed by atoms with Crippen molar-refractivity contribution >= 4 is 22.9 Å². The fourth-order valence-corrected chi connectivity index (χ4v) is 2.92. The Kier molecular flexibility index (Phi) is 6.94. The third-order valence-electron chi connectivity index (χ3n) is 4.33. The third-order valence-corrected chi connectivity index (χ3v) is 4.33. The smallest absolute Gasteiger partial charge is 0.416 e. The van der Waals surface area contributed by atoms with E-state index in [1.54, 1.807) is 0 Å². The summed E-state index contributed by atoms with van der Waals surface area (Å²) in [6.45, 7) is 3.40. The van der Waals surface area contributed by atoms with Crippen LogP contribution in [0.15, 0.2) is 48.5 Å². The molecule has 0 aliphatic rings. The summed E-state index contributed by atoms with van der Waals surface area (Å²) in [6.07, 6.45) is -3.67. The SMILES string of the molecule is CCOCCCn1c(NC(=O)COc2ccc(C(F)(F)F)cc2)nc2ccccc21. The van der Waals surface area contributed by atoms with E-state index >= 15 is 0 Å². The van der Waals surface area contributed by atoms with Crippen molar-refractivity contribution in [2.45, 2.75) is 26.1 Å². The quantitative estimate of drug-likeness (QED) is 0.517. The number of amides is 1. The molecule has 0 unspecified atom stereocenters. The Balaban J connectivity index is 1.64. The number of anilines is 1. The number of rotatable bonds is 9. The molecule has 2 aromatic carbocycles. The molecular formula is C21H22F3N3O3. The second-order valence-corrected chi connectivity index (χ2v) is 6.49. The molecule has 0 saturated carbocycles. The number of ether oxygens (including phenoxy) is 2. The van der Waals surface area contributed by atoms with Gasteiger partial charge in [-0.15, -0.1) is 0 Å². The summed E-state index contributed by atoms with van der Waals surface area (Å²) in [5.74, 6) is 0.0911. The van der Waals surface area contributed by atoms with Gasteiger partial charge in [0.2, 0.25) is 5.95 Å². The molecule has 1 aromatic heterocycles. The third kappa shape index (κ3) is 5.50. The van der Waals surface area contributed by atoms with E-state index in [9.17, 15) is 18.0 Å². The summed E-state index contributed by atoms with van der Waals surface area (Å²) >= 11 is 0. The van der Waals surface area contributed by atoms with Gasteiger partial charge in [-0.1, -0.05) is 12.1 Å². The molecule has 0 spiro atoms. The van der Waals surface area contributed by atoms with Crippen LogP contribution in [0, 0.1) is 0 Å². The lowest BCUT2D eigenvalue weighted by Crippen LogP contribution is -2.22. The number of hydrogen-bond donors (Lipinski definition) is 1. The number of carbonyl (C=O) groups excluding carboxylic acids is 1. The molecule has 6 nitrogen and oxygen atoms in total. The number of carbonyl (C=O) groups is 1. The normalized spacial score (nSPS) is 11.6. The summed E-state index contributed by atoms with van der Waals surface area (Å²) < 4.78 is 50.4. The van der Waals surface area contributed by atoms with Crippen LogP contribution < -0.4 is 10.1 Å². The fraction of sp³-hybridized carbons (Fsp3) is 0.333. The maximum atomic E-state index is 12.6. The number of hydrogen-bond acceptors (Lipinski definition) is 4. The first-order valence-electron chi connectivity index (χ1n) is 9.51. The Hall–Kier alpha value is -3.07. The second-order valence-electron chi connectivity index (χ2n) is 6.49. The van der Waals surface area contributed by atoms with Crippen LogP contribution in [0.25, 0.3) is 11.0 Å². The Morgan fingerprint density at radius 2 is 1.87 bits per heavy atom. The van der Waals surface area contributed by atoms with Crippen LogP contribution in [0.1, 0.15) is 18.9 Å². The summed E-state index contributed by atoms with van der Waals surface area (Å²) in [4.78, 5) is 16.8. The lowest BCUT2D eigenvalue weighted by atomic mass is 10.2. The summed E-state index contributed by atoms with van der Waals surface area (Å²) in [5.41, 5.74) is 0.848. The number of benzene rings is 2. The molecule has 9 heteroatoms. The largest absolute Gasteiger partial charge is 0.484 e. The summed E-state index contributed by atoms with van der Waals surface area (Å²) in [5, 5.41) is 2.71. The molecule has 1 N–H and O–H groups in total. The minimum absolute atomic E-state index is 0.170. The van der Waals surface area contributed by atoms with Gasteiger partial charge < -0.3 is 14.0 Å². The van der Waals surface area contributed by atoms with Gasteiger partial charge in [0.25, 0.3) is 5.91 Å². The van der Waals surface area contributed by atoms with E-state index in [0.717, 1.165) is 29.6 Å². The zero-order chi connectivity index (χ0) is 21.6. The molecule has 3 rings (SSSR count). The van der Waals surface area contributed by atoms with Crippen LogP contribution in [-0.2, 0) is 22.3 Å². The number of nitrogens with zero attached hydrogens (tertiary/aromatic N) is 2. The van der Waals surface area contributed by atoms with Crippen LogP contribution in [0.5, 0.6) is 5.75 Å². The predicted octanol–water partition coefficient (Wildman–Crippen LogP) is 4.50. The highest BCUT2D eigenvalue weighted by Crippen LogP contribution is 2.30. The molecule has 0 aliphatic heterocycles. The number of aryl methyl sites for hydroxylation is 1. The van der Waals surface area contributed by atoms with Crippen molar-refractivity contribution in [3.8, 4) is 5.75 Å². The highest BCUT2D eigenvalue weighted by Gasteiger charge is 2.30. The molecule has 0 bridgehead atoms. The number of para-hydroxylation sites is 2. The van der Waals surface area contributed by atoms with E-state index in [-0.39, 0.29) is 12.4 Å². The van der Waals surface area contributed by atoms with E-state index in [4.69, 9.17) is 9.47 Å². The second kappa shape index (κ2) is 9.62. The van der Waals surface area contributed by atoms with Crippen molar-refractivity contribution in [1.29, 1.82) is 0 Å². The molecule has 0 saturated heterocycles. The zero-order valence-electron chi connectivity index (χ0n) is 16.4. The summed E-state index contributed by atoms with van der Waals surface area (Å²) in [6, 6.07) is 11.7. The number of halogens is 3. The highest BCUT2D eigenvalue weighted by atomic mass is 19.4. The monoisotopic (exact) mass is 421 g/mol. The van der Waals surface area contributed by atoms with Crippen LogP contribution in [0.3, 0.4) is 0 Å². The van der Waals surface area contributed by atoms with Gasteiger partial charge in [0, 0.05) is 19.8 Å². The van der Waals surface area contributed by atoms with Crippen molar-refractivity contribution in [1.82, 2.24) is 9.55 Å². The van der Waals surface area contributed by atoms with Crippen molar-refractivity contribution in [2.24, 2.45) is 0 Å². The first-order chi connectivity index (χ1) is 14.4. The van der Waals surface area contributed by atoms with Gasteiger partial charge in [-0.05, 0) is 49.7 Å². The first kappa shape index (κ1) is 21.6. The Bertz CT molecular complexity index is 985. The average Bonchev–Trinajstić information content (AvgIpc) is 3.06. The average molecular weight is 421 g/mol. The van der Waals surface area contributed by atoms with Crippen LogP contribution in [-0.4, -0.2) is 35.3 Å². The van der Waals surface area contributed by atoms with Gasteiger partial charge in [0.1, 0.15) is 5.75 Å². The van der Waals surface area contributed by atoms with Crippen molar-refractivity contribution in [3.05, 3.63) is 54.1 Å². The molecular weight excluding hydrogens is 399 g/mol. The molecule has 3 aromatic rings. The van der Waals surface area contributed by atoms with Gasteiger partial charge >= 0.3 is 6.18 Å². The van der Waals surface area contributed by atoms with Gasteiger partial charge in [0.15, 0.2) is 6.61 Å². The molecule has 0 atom stereocenters.